The van der Waals surface area contributed by atoms with Gasteiger partial charge in [0.05, 0.1) is 5.41 Å². The van der Waals surface area contributed by atoms with Crippen LogP contribution in [0.2, 0.25) is 0 Å². The molecular weight excluding hydrogens is 336 g/mol. The molecule has 0 aromatic heterocycles. The first-order chi connectivity index (χ1) is 11.9. The van der Waals surface area contributed by atoms with Crippen LogP contribution in [-0.4, -0.2) is 36.7 Å². The minimum absolute atomic E-state index is 0.219. The van der Waals surface area contributed by atoms with Crippen molar-refractivity contribution in [1.29, 1.82) is 0 Å². The lowest BCUT2D eigenvalue weighted by Gasteiger charge is -2.42. The van der Waals surface area contributed by atoms with Gasteiger partial charge in [-0.25, -0.2) is 9.59 Å². The Morgan fingerprint density at radius 3 is 2.23 bits per heavy atom. The van der Waals surface area contributed by atoms with E-state index in [1.54, 1.807) is 13.8 Å². The standard InChI is InChI=1S/C20H32O6/c1-7-18(3,4)17(23)25-11-15(21)24-12-16(22)26-20(6)13(2)19(5)9-8-14(20)10-19/h13-14H,7-12H2,1-6H3. The highest BCUT2D eigenvalue weighted by atomic mass is 16.6. The summed E-state index contributed by atoms with van der Waals surface area (Å²) in [7, 11) is 0. The molecule has 4 unspecified atom stereocenters. The molecule has 2 rings (SSSR count). The van der Waals surface area contributed by atoms with E-state index in [0.717, 1.165) is 12.8 Å². The van der Waals surface area contributed by atoms with Gasteiger partial charge in [-0.2, -0.15) is 0 Å². The molecular formula is C20H32O6. The van der Waals surface area contributed by atoms with E-state index in [9.17, 15) is 14.4 Å². The lowest BCUT2D eigenvalue weighted by molar-refractivity contribution is -0.181. The van der Waals surface area contributed by atoms with Crippen LogP contribution in [0.15, 0.2) is 0 Å². The van der Waals surface area contributed by atoms with Crippen molar-refractivity contribution in [2.24, 2.45) is 22.7 Å². The van der Waals surface area contributed by atoms with Crippen molar-refractivity contribution in [3.05, 3.63) is 0 Å². The molecule has 0 saturated heterocycles. The minimum atomic E-state index is -0.750. The highest BCUT2D eigenvalue weighted by Crippen LogP contribution is 2.63. The first-order valence-corrected chi connectivity index (χ1v) is 9.49. The number of fused-ring (bicyclic) bond motifs is 2. The van der Waals surface area contributed by atoms with Gasteiger partial charge in [-0.05, 0) is 57.8 Å². The fourth-order valence-corrected chi connectivity index (χ4v) is 4.29. The molecule has 148 valence electrons. The Bertz CT molecular complexity index is 583. The number of esters is 3. The van der Waals surface area contributed by atoms with E-state index in [1.165, 1.54) is 6.42 Å². The number of carbonyl (C=O) groups is 3. The molecule has 0 heterocycles. The third kappa shape index (κ3) is 3.89. The van der Waals surface area contributed by atoms with E-state index < -0.39 is 42.1 Å². The van der Waals surface area contributed by atoms with Crippen molar-refractivity contribution in [1.82, 2.24) is 0 Å². The fraction of sp³-hybridized carbons (Fsp3) is 0.850. The Hall–Kier alpha value is -1.59. The van der Waals surface area contributed by atoms with Crippen molar-refractivity contribution in [3.8, 4) is 0 Å². The molecule has 2 bridgehead atoms. The molecule has 6 nitrogen and oxygen atoms in total. The molecule has 2 aliphatic carbocycles. The van der Waals surface area contributed by atoms with Gasteiger partial charge in [0.2, 0.25) is 0 Å². The Labute approximate surface area is 155 Å². The number of rotatable bonds is 7. The van der Waals surface area contributed by atoms with Crippen molar-refractivity contribution >= 4 is 17.9 Å². The average Bonchev–Trinajstić information content (AvgIpc) is 3.07. The largest absolute Gasteiger partial charge is 0.456 e. The number of hydrogen-bond acceptors (Lipinski definition) is 6. The summed E-state index contributed by atoms with van der Waals surface area (Å²) in [5.41, 5.74) is -0.938. The maximum atomic E-state index is 12.2. The van der Waals surface area contributed by atoms with Crippen molar-refractivity contribution < 1.29 is 28.6 Å². The molecule has 6 heteroatoms. The zero-order valence-electron chi connectivity index (χ0n) is 16.8. The first-order valence-electron chi connectivity index (χ1n) is 9.49. The van der Waals surface area contributed by atoms with Crippen LogP contribution in [0.3, 0.4) is 0 Å². The van der Waals surface area contributed by atoms with Crippen LogP contribution >= 0.6 is 0 Å². The van der Waals surface area contributed by atoms with Crippen LogP contribution in [0.1, 0.15) is 67.2 Å². The molecule has 0 N–H and O–H groups in total. The number of carbonyl (C=O) groups excluding carboxylic acids is 3. The van der Waals surface area contributed by atoms with Gasteiger partial charge in [-0.1, -0.05) is 20.8 Å². The van der Waals surface area contributed by atoms with E-state index in [1.807, 2.05) is 13.8 Å². The van der Waals surface area contributed by atoms with Crippen molar-refractivity contribution in [2.45, 2.75) is 72.8 Å². The number of hydrogen-bond donors (Lipinski definition) is 0. The number of ether oxygens (including phenoxy) is 3. The fourth-order valence-electron chi connectivity index (χ4n) is 4.29. The lowest BCUT2D eigenvalue weighted by atomic mass is 9.70. The van der Waals surface area contributed by atoms with Crippen molar-refractivity contribution in [2.75, 3.05) is 13.2 Å². The summed E-state index contributed by atoms with van der Waals surface area (Å²) in [5, 5.41) is 0. The molecule has 2 saturated carbocycles. The maximum absolute atomic E-state index is 12.2. The molecule has 0 spiro atoms. The average molecular weight is 368 g/mol. The smallest absolute Gasteiger partial charge is 0.344 e. The molecule has 2 aliphatic rings. The van der Waals surface area contributed by atoms with E-state index in [0.29, 0.717) is 12.3 Å². The zero-order chi connectivity index (χ0) is 19.8. The Morgan fingerprint density at radius 1 is 1.08 bits per heavy atom. The van der Waals surface area contributed by atoms with E-state index in [4.69, 9.17) is 14.2 Å². The summed E-state index contributed by atoms with van der Waals surface area (Å²) in [6.45, 7) is 10.8. The molecule has 0 amide bonds. The van der Waals surface area contributed by atoms with Crippen LogP contribution in [-0.2, 0) is 28.6 Å². The molecule has 26 heavy (non-hydrogen) atoms. The van der Waals surface area contributed by atoms with Gasteiger partial charge < -0.3 is 14.2 Å². The second-order valence-electron chi connectivity index (χ2n) is 8.95. The van der Waals surface area contributed by atoms with Crippen LogP contribution in [0.4, 0.5) is 0 Å². The maximum Gasteiger partial charge on any atom is 0.344 e. The highest BCUT2D eigenvalue weighted by Gasteiger charge is 2.61. The summed E-state index contributed by atoms with van der Waals surface area (Å²) in [6, 6.07) is 0. The summed E-state index contributed by atoms with van der Waals surface area (Å²) in [4.78, 5) is 35.7. The summed E-state index contributed by atoms with van der Waals surface area (Å²) in [5.74, 6) is -1.13. The molecule has 2 fully saturated rings. The lowest BCUT2D eigenvalue weighted by Crippen LogP contribution is -2.46. The molecule has 0 radical (unpaired) electrons. The SMILES string of the molecule is CCC(C)(C)C(=O)OCC(=O)OCC(=O)OC1(C)C2CCC(C)(C2)C1C. The second kappa shape index (κ2) is 7.20. The minimum Gasteiger partial charge on any atom is -0.456 e. The second-order valence-corrected chi connectivity index (χ2v) is 8.95. The summed E-state index contributed by atoms with van der Waals surface area (Å²) >= 11 is 0. The predicted octanol–water partition coefficient (Wildman–Crippen LogP) is 3.27. The predicted molar refractivity (Wildman–Crippen MR) is 95.1 cm³/mol. The van der Waals surface area contributed by atoms with Gasteiger partial charge in [-0.15, -0.1) is 0 Å². The molecule has 0 aliphatic heterocycles. The Morgan fingerprint density at radius 2 is 1.69 bits per heavy atom. The molecule has 4 atom stereocenters. The van der Waals surface area contributed by atoms with E-state index in [2.05, 4.69) is 13.8 Å². The summed E-state index contributed by atoms with van der Waals surface area (Å²) < 4.78 is 15.6. The van der Waals surface area contributed by atoms with Gasteiger partial charge in [0.1, 0.15) is 5.60 Å². The van der Waals surface area contributed by atoms with Gasteiger partial charge in [0.25, 0.3) is 0 Å². The van der Waals surface area contributed by atoms with Gasteiger partial charge in [0.15, 0.2) is 13.2 Å². The monoisotopic (exact) mass is 368 g/mol. The van der Waals surface area contributed by atoms with Crippen LogP contribution in [0.25, 0.3) is 0 Å². The van der Waals surface area contributed by atoms with Gasteiger partial charge in [0, 0.05) is 5.92 Å². The van der Waals surface area contributed by atoms with E-state index in [-0.39, 0.29) is 11.3 Å². The Kier molecular flexibility index (Phi) is 5.74. The molecule has 0 aromatic rings. The third-order valence-electron chi connectivity index (χ3n) is 6.93. The summed E-state index contributed by atoms with van der Waals surface area (Å²) in [6.07, 6.45) is 3.90. The van der Waals surface area contributed by atoms with E-state index >= 15 is 0 Å². The quantitative estimate of drug-likeness (QED) is 0.507. The van der Waals surface area contributed by atoms with Gasteiger partial charge >= 0.3 is 17.9 Å². The first kappa shape index (κ1) is 20.7. The third-order valence-corrected chi connectivity index (χ3v) is 6.93. The van der Waals surface area contributed by atoms with Crippen LogP contribution < -0.4 is 0 Å². The van der Waals surface area contributed by atoms with Crippen LogP contribution in [0.5, 0.6) is 0 Å². The van der Waals surface area contributed by atoms with Crippen molar-refractivity contribution in [3.63, 3.8) is 0 Å². The van der Waals surface area contributed by atoms with Crippen LogP contribution in [0, 0.1) is 22.7 Å². The zero-order valence-corrected chi connectivity index (χ0v) is 16.8. The van der Waals surface area contributed by atoms with Gasteiger partial charge in [-0.3, -0.25) is 4.79 Å². The Balaban J connectivity index is 1.77. The highest BCUT2D eigenvalue weighted by molar-refractivity contribution is 5.81. The molecule has 0 aromatic carbocycles. The normalized spacial score (nSPS) is 33.0. The topological polar surface area (TPSA) is 78.9 Å².